The molecular weight excluding hydrogens is 416 g/mol. The number of rotatable bonds is 6. The molecule has 1 aromatic heterocycles. The number of nitrogens with zero attached hydrogens (tertiary/aromatic N) is 4. The van der Waals surface area contributed by atoms with Gasteiger partial charge in [0.2, 0.25) is 0 Å². The van der Waals surface area contributed by atoms with Crippen molar-refractivity contribution < 1.29 is 9.53 Å². The summed E-state index contributed by atoms with van der Waals surface area (Å²) in [5.41, 5.74) is 7.71. The number of hydrogen-bond donors (Lipinski definition) is 2. The highest BCUT2D eigenvalue weighted by Crippen LogP contribution is 2.33. The van der Waals surface area contributed by atoms with Crippen LogP contribution >= 0.6 is 0 Å². The Morgan fingerprint density at radius 3 is 2.70 bits per heavy atom. The van der Waals surface area contributed by atoms with Gasteiger partial charge in [0.15, 0.2) is 0 Å². The first-order valence-electron chi connectivity index (χ1n) is 10.8. The van der Waals surface area contributed by atoms with E-state index in [9.17, 15) is 4.79 Å². The van der Waals surface area contributed by atoms with Crippen LogP contribution in [0.3, 0.4) is 0 Å². The van der Waals surface area contributed by atoms with E-state index >= 15 is 0 Å². The molecule has 8 heteroatoms. The maximum atomic E-state index is 11.5. The monoisotopic (exact) mass is 444 g/mol. The number of esters is 1. The molecule has 0 aliphatic carbocycles. The summed E-state index contributed by atoms with van der Waals surface area (Å²) in [6.45, 7) is 2.53. The van der Waals surface area contributed by atoms with Gasteiger partial charge in [-0.2, -0.15) is 10.2 Å². The van der Waals surface area contributed by atoms with Crippen LogP contribution in [-0.2, 0) is 23.0 Å². The third-order valence-electron chi connectivity index (χ3n) is 5.82. The van der Waals surface area contributed by atoms with Crippen LogP contribution in [0.15, 0.2) is 65.0 Å². The van der Waals surface area contributed by atoms with Crippen LogP contribution in [-0.4, -0.2) is 40.8 Å². The van der Waals surface area contributed by atoms with Crippen molar-refractivity contribution in [1.82, 2.24) is 9.78 Å². The number of nitrogens with two attached hydrogens (primary N) is 1. The quantitative estimate of drug-likeness (QED) is 0.262. The number of nitrogens with one attached hydrogen (secondary N) is 1. The van der Waals surface area contributed by atoms with Crippen molar-refractivity contribution in [2.24, 2.45) is 23.0 Å². The molecule has 1 unspecified atom stereocenters. The van der Waals surface area contributed by atoms with E-state index in [4.69, 9.17) is 15.6 Å². The minimum Gasteiger partial charge on any atom is -0.469 e. The molecule has 0 spiro atoms. The standard InChI is InChI=1S/C25H28N6O2/c1-16(30-26)25-21-9-6-18(19-14-28-31(2)15-19)13-22(21)23(10-11-27-25)29-20-7-4-17(5-8-20)12-24(32)33-3/h4-9,13-15,23,29H,10-12,26H2,1-3H3. The van der Waals surface area contributed by atoms with Gasteiger partial charge in [-0.1, -0.05) is 24.3 Å². The largest absolute Gasteiger partial charge is 0.469 e. The lowest BCUT2D eigenvalue weighted by atomic mass is 9.91. The highest BCUT2D eigenvalue weighted by molar-refractivity contribution is 6.48. The molecule has 3 N–H and O–H groups in total. The van der Waals surface area contributed by atoms with Gasteiger partial charge in [-0.05, 0) is 48.2 Å². The predicted octanol–water partition coefficient (Wildman–Crippen LogP) is 3.48. The van der Waals surface area contributed by atoms with Crippen LogP contribution in [0.4, 0.5) is 5.69 Å². The van der Waals surface area contributed by atoms with Gasteiger partial charge < -0.3 is 15.9 Å². The summed E-state index contributed by atoms with van der Waals surface area (Å²) in [5.74, 6) is 5.35. The van der Waals surface area contributed by atoms with E-state index in [1.54, 1.807) is 4.68 Å². The highest BCUT2D eigenvalue weighted by Gasteiger charge is 2.23. The average Bonchev–Trinajstić information content (AvgIpc) is 3.19. The summed E-state index contributed by atoms with van der Waals surface area (Å²) in [6, 6.07) is 14.3. The van der Waals surface area contributed by atoms with Gasteiger partial charge in [0.05, 0.1) is 37.2 Å². The van der Waals surface area contributed by atoms with E-state index in [1.165, 1.54) is 7.11 Å². The highest BCUT2D eigenvalue weighted by atomic mass is 16.5. The number of hydrogen-bond acceptors (Lipinski definition) is 7. The molecule has 1 aliphatic heterocycles. The molecule has 0 bridgehead atoms. The van der Waals surface area contributed by atoms with Crippen LogP contribution in [0.2, 0.25) is 0 Å². The summed E-state index contributed by atoms with van der Waals surface area (Å²) < 4.78 is 6.55. The van der Waals surface area contributed by atoms with Crippen molar-refractivity contribution in [3.8, 4) is 11.1 Å². The number of hydrazone groups is 1. The van der Waals surface area contributed by atoms with Gasteiger partial charge in [0.25, 0.3) is 0 Å². The van der Waals surface area contributed by atoms with Crippen molar-refractivity contribution in [3.63, 3.8) is 0 Å². The lowest BCUT2D eigenvalue weighted by molar-refractivity contribution is -0.139. The van der Waals surface area contributed by atoms with Crippen molar-refractivity contribution in [2.45, 2.75) is 25.8 Å². The molecule has 1 atom stereocenters. The molecule has 33 heavy (non-hydrogen) atoms. The molecule has 0 radical (unpaired) electrons. The van der Waals surface area contributed by atoms with Crippen molar-refractivity contribution in [1.29, 1.82) is 0 Å². The smallest absolute Gasteiger partial charge is 0.309 e. The van der Waals surface area contributed by atoms with Crippen LogP contribution in [0.25, 0.3) is 11.1 Å². The van der Waals surface area contributed by atoms with E-state index in [0.29, 0.717) is 12.3 Å². The number of carbonyl (C=O) groups excluding carboxylic acids is 1. The number of ether oxygens (including phenoxy) is 1. The maximum absolute atomic E-state index is 11.5. The fraction of sp³-hybridized carbons (Fsp3) is 0.280. The number of aliphatic imine (C=N–C) groups is 1. The first-order valence-corrected chi connectivity index (χ1v) is 10.8. The maximum Gasteiger partial charge on any atom is 0.309 e. The topological polar surface area (TPSA) is 107 Å². The van der Waals surface area contributed by atoms with Crippen LogP contribution in [0.1, 0.15) is 36.1 Å². The summed E-state index contributed by atoms with van der Waals surface area (Å²) in [7, 11) is 3.31. The van der Waals surface area contributed by atoms with E-state index in [-0.39, 0.29) is 18.4 Å². The third-order valence-corrected chi connectivity index (χ3v) is 5.82. The molecule has 170 valence electrons. The third kappa shape index (κ3) is 4.95. The predicted molar refractivity (Wildman–Crippen MR) is 130 cm³/mol. The fourth-order valence-corrected chi connectivity index (χ4v) is 4.04. The lowest BCUT2D eigenvalue weighted by Crippen LogP contribution is -2.18. The van der Waals surface area contributed by atoms with Crippen LogP contribution in [0.5, 0.6) is 0 Å². The normalized spacial score (nSPS) is 15.9. The molecule has 8 nitrogen and oxygen atoms in total. The van der Waals surface area contributed by atoms with E-state index in [2.05, 4.69) is 33.7 Å². The number of aryl methyl sites for hydroxylation is 1. The molecule has 2 heterocycles. The van der Waals surface area contributed by atoms with Crippen LogP contribution < -0.4 is 11.2 Å². The molecular formula is C25H28N6O2. The zero-order chi connectivity index (χ0) is 23.4. The summed E-state index contributed by atoms with van der Waals surface area (Å²) in [6.07, 6.45) is 4.94. The molecule has 0 amide bonds. The molecule has 0 saturated carbocycles. The number of benzene rings is 2. The van der Waals surface area contributed by atoms with Crippen LogP contribution in [0, 0.1) is 0 Å². The number of methoxy groups -OCH3 is 1. The van der Waals surface area contributed by atoms with Gasteiger partial charge >= 0.3 is 5.97 Å². The minimum atomic E-state index is -0.252. The molecule has 1 aliphatic rings. The SMILES string of the molecule is COC(=O)Cc1ccc(NC2CCN=C(C(C)=NN)c3ccc(-c4cnn(C)c4)cc32)cc1. The van der Waals surface area contributed by atoms with Gasteiger partial charge in [0.1, 0.15) is 0 Å². The Morgan fingerprint density at radius 1 is 1.24 bits per heavy atom. The van der Waals surface area contributed by atoms with E-state index in [1.807, 2.05) is 50.6 Å². The second-order valence-corrected chi connectivity index (χ2v) is 8.08. The first kappa shape index (κ1) is 22.3. The number of anilines is 1. The first-order chi connectivity index (χ1) is 16.0. The summed E-state index contributed by atoms with van der Waals surface area (Å²) in [5, 5.41) is 11.9. The van der Waals surface area contributed by atoms with E-state index < -0.39 is 0 Å². The van der Waals surface area contributed by atoms with Gasteiger partial charge in [-0.25, -0.2) is 0 Å². The second-order valence-electron chi connectivity index (χ2n) is 8.08. The molecule has 2 aromatic carbocycles. The van der Waals surface area contributed by atoms with Gasteiger partial charge in [-0.3, -0.25) is 14.5 Å². The number of carbonyl (C=O) groups is 1. The van der Waals surface area contributed by atoms with Crippen molar-refractivity contribution in [3.05, 3.63) is 71.5 Å². The molecule has 0 saturated heterocycles. The zero-order valence-corrected chi connectivity index (χ0v) is 19.1. The molecule has 0 fully saturated rings. The minimum absolute atomic E-state index is 0.0369. The number of fused-ring (bicyclic) bond motifs is 1. The van der Waals surface area contributed by atoms with E-state index in [0.717, 1.165) is 45.6 Å². The van der Waals surface area contributed by atoms with Crippen molar-refractivity contribution in [2.75, 3.05) is 19.0 Å². The summed E-state index contributed by atoms with van der Waals surface area (Å²) >= 11 is 0. The van der Waals surface area contributed by atoms with Crippen molar-refractivity contribution >= 4 is 23.1 Å². The Hall–Kier alpha value is -3.94. The molecule has 4 rings (SSSR count). The Bertz CT molecular complexity index is 1210. The van der Waals surface area contributed by atoms with Gasteiger partial charge in [-0.15, -0.1) is 0 Å². The lowest BCUT2D eigenvalue weighted by Gasteiger charge is -2.22. The number of aromatic nitrogens is 2. The average molecular weight is 445 g/mol. The summed E-state index contributed by atoms with van der Waals surface area (Å²) in [4.78, 5) is 16.3. The Labute approximate surface area is 193 Å². The second kappa shape index (κ2) is 9.68. The molecule has 3 aromatic rings. The fourth-order valence-electron chi connectivity index (χ4n) is 4.04. The van der Waals surface area contributed by atoms with Gasteiger partial charge in [0, 0.05) is 36.6 Å². The Balaban J connectivity index is 1.68. The zero-order valence-electron chi connectivity index (χ0n) is 19.1. The Kier molecular flexibility index (Phi) is 6.53. The Morgan fingerprint density at radius 2 is 2.03 bits per heavy atom.